The van der Waals surface area contributed by atoms with Crippen LogP contribution in [0.3, 0.4) is 0 Å². The molecular formula is C24H21N2O9P. The summed E-state index contributed by atoms with van der Waals surface area (Å²) >= 11 is 0. The summed E-state index contributed by atoms with van der Waals surface area (Å²) in [7, 11) is -4.50. The summed E-state index contributed by atoms with van der Waals surface area (Å²) in [6.45, 7) is 0. The van der Waals surface area contributed by atoms with Gasteiger partial charge in [-0.3, -0.25) is 18.7 Å². The van der Waals surface area contributed by atoms with Crippen LogP contribution in [0.25, 0.3) is 0 Å². The third kappa shape index (κ3) is 5.67. The van der Waals surface area contributed by atoms with E-state index >= 15 is 0 Å². The Hall–Kier alpha value is -3.89. The number of aromatic nitrogens is 2. The van der Waals surface area contributed by atoms with E-state index in [1.165, 1.54) is 24.3 Å². The monoisotopic (exact) mass is 512 g/mol. The Labute approximate surface area is 204 Å². The van der Waals surface area contributed by atoms with E-state index in [0.717, 1.165) is 22.9 Å². The average molecular weight is 512 g/mol. The summed E-state index contributed by atoms with van der Waals surface area (Å²) in [4.78, 5) is 69.6. The smallest absolute Gasteiger partial charge is 0.348 e. The molecule has 3 aromatic rings. The van der Waals surface area contributed by atoms with Crippen LogP contribution in [0, 0.1) is 0 Å². The van der Waals surface area contributed by atoms with Gasteiger partial charge < -0.3 is 19.3 Å². The molecule has 2 N–H and O–H groups in total. The second-order valence-electron chi connectivity index (χ2n) is 7.89. The highest BCUT2D eigenvalue weighted by Gasteiger charge is 2.40. The first-order valence-corrected chi connectivity index (χ1v) is 12.4. The van der Waals surface area contributed by atoms with Crippen molar-refractivity contribution in [3.05, 3.63) is 117 Å². The van der Waals surface area contributed by atoms with E-state index in [-0.39, 0.29) is 17.5 Å². The fraction of sp³-hybridized carbons (Fsp3) is 0.167. The van der Waals surface area contributed by atoms with Gasteiger partial charge >= 0.3 is 19.3 Å². The highest BCUT2D eigenvalue weighted by atomic mass is 31.2. The van der Waals surface area contributed by atoms with Crippen molar-refractivity contribution in [2.75, 3.05) is 0 Å². The zero-order chi connectivity index (χ0) is 25.9. The van der Waals surface area contributed by atoms with Crippen molar-refractivity contribution >= 4 is 19.5 Å². The van der Waals surface area contributed by atoms with Crippen LogP contribution in [0.4, 0.5) is 0 Å². The molecule has 0 radical (unpaired) electrons. The molecule has 36 heavy (non-hydrogen) atoms. The number of carbonyl (C=O) groups excluding carboxylic acids is 2. The SMILES string of the molecule is O=C(OC1CC(C=CP(=O)(O)O)OC1n1ccc(=O)n(C(=O)c2ccccc2)c1=O)c1ccccc1. The fourth-order valence-electron chi connectivity index (χ4n) is 3.71. The predicted octanol–water partition coefficient (Wildman–Crippen LogP) is 1.90. The lowest BCUT2D eigenvalue weighted by molar-refractivity contribution is -0.0426. The maximum atomic E-state index is 13.3. The minimum atomic E-state index is -4.50. The first kappa shape index (κ1) is 25.2. The molecule has 4 rings (SSSR count). The zero-order valence-corrected chi connectivity index (χ0v) is 19.5. The number of benzene rings is 2. The lowest BCUT2D eigenvalue weighted by atomic mass is 10.1. The third-order valence-electron chi connectivity index (χ3n) is 5.37. The van der Waals surface area contributed by atoms with Gasteiger partial charge in [0, 0.05) is 30.1 Å². The summed E-state index contributed by atoms with van der Waals surface area (Å²) in [6, 6.07) is 16.8. The minimum Gasteiger partial charge on any atom is -0.454 e. The Balaban J connectivity index is 1.71. The van der Waals surface area contributed by atoms with Gasteiger partial charge in [-0.05, 0) is 30.3 Å². The van der Waals surface area contributed by atoms with Gasteiger partial charge in [-0.15, -0.1) is 0 Å². The number of nitrogens with zero attached hydrogens (tertiary/aromatic N) is 2. The molecule has 1 aromatic heterocycles. The molecule has 12 heteroatoms. The molecule has 1 saturated heterocycles. The van der Waals surface area contributed by atoms with E-state index in [9.17, 15) is 23.7 Å². The molecule has 2 heterocycles. The largest absolute Gasteiger partial charge is 0.454 e. The average Bonchev–Trinajstić information content (AvgIpc) is 3.25. The van der Waals surface area contributed by atoms with E-state index in [1.54, 1.807) is 36.4 Å². The molecule has 2 aromatic carbocycles. The van der Waals surface area contributed by atoms with Gasteiger partial charge in [0.05, 0.1) is 11.7 Å². The summed E-state index contributed by atoms with van der Waals surface area (Å²) in [5.74, 6) is -0.914. The summed E-state index contributed by atoms with van der Waals surface area (Å²) in [5, 5.41) is 0. The van der Waals surface area contributed by atoms with Crippen molar-refractivity contribution in [1.82, 2.24) is 9.13 Å². The number of esters is 1. The summed E-state index contributed by atoms with van der Waals surface area (Å²) in [5.41, 5.74) is -1.54. The molecule has 0 aliphatic carbocycles. The molecule has 1 fully saturated rings. The minimum absolute atomic E-state index is 0.0437. The van der Waals surface area contributed by atoms with Gasteiger partial charge in [-0.25, -0.2) is 9.59 Å². The van der Waals surface area contributed by atoms with Crippen LogP contribution >= 0.6 is 7.60 Å². The second-order valence-corrected chi connectivity index (χ2v) is 9.37. The fourth-order valence-corrected chi connectivity index (χ4v) is 4.13. The molecule has 0 spiro atoms. The molecule has 0 bridgehead atoms. The summed E-state index contributed by atoms with van der Waals surface area (Å²) < 4.78 is 24.0. The highest BCUT2D eigenvalue weighted by Crippen LogP contribution is 2.38. The number of hydrogen-bond acceptors (Lipinski definition) is 7. The van der Waals surface area contributed by atoms with Crippen LogP contribution in [-0.2, 0) is 14.0 Å². The van der Waals surface area contributed by atoms with Crippen LogP contribution in [0.1, 0.15) is 33.4 Å². The van der Waals surface area contributed by atoms with Crippen molar-refractivity contribution in [3.8, 4) is 0 Å². The van der Waals surface area contributed by atoms with E-state index in [2.05, 4.69) is 0 Å². The van der Waals surface area contributed by atoms with Gasteiger partial charge in [-0.2, -0.15) is 4.57 Å². The maximum Gasteiger partial charge on any atom is 0.348 e. The topological polar surface area (TPSA) is 154 Å². The standard InChI is InChI=1S/C24H21N2O9P/c27-20-11-13-25(24(30)26(20)21(28)16-7-3-1-4-8-16)22-19(15-18(34-22)12-14-36(31,32)33)35-23(29)17-9-5-2-6-10-17/h1-14,18-19,22H,15H2,(H2,31,32,33). The molecular weight excluding hydrogens is 491 g/mol. The van der Waals surface area contributed by atoms with E-state index < -0.39 is 49.2 Å². The second kappa shape index (κ2) is 10.4. The van der Waals surface area contributed by atoms with Crippen molar-refractivity contribution in [1.29, 1.82) is 0 Å². The Morgan fingerprint density at radius 2 is 1.58 bits per heavy atom. The first-order chi connectivity index (χ1) is 17.1. The van der Waals surface area contributed by atoms with Crippen molar-refractivity contribution < 1.29 is 33.4 Å². The molecule has 11 nitrogen and oxygen atoms in total. The van der Waals surface area contributed by atoms with Crippen molar-refractivity contribution in [2.45, 2.75) is 24.9 Å². The van der Waals surface area contributed by atoms with Crippen LogP contribution in [0.15, 0.2) is 94.4 Å². The Kier molecular flexibility index (Phi) is 7.27. The molecule has 3 unspecified atom stereocenters. The van der Waals surface area contributed by atoms with Gasteiger partial charge in [0.2, 0.25) is 0 Å². The van der Waals surface area contributed by atoms with Crippen LogP contribution < -0.4 is 11.2 Å². The lowest BCUT2D eigenvalue weighted by Crippen LogP contribution is -2.45. The summed E-state index contributed by atoms with van der Waals surface area (Å²) in [6.07, 6.45) is -1.12. The number of rotatable bonds is 6. The number of ether oxygens (including phenoxy) is 2. The molecule has 186 valence electrons. The maximum absolute atomic E-state index is 13.3. The Morgan fingerprint density at radius 3 is 2.19 bits per heavy atom. The molecule has 0 saturated carbocycles. The van der Waals surface area contributed by atoms with Crippen LogP contribution in [-0.4, -0.2) is 43.0 Å². The van der Waals surface area contributed by atoms with Crippen molar-refractivity contribution in [2.24, 2.45) is 0 Å². The lowest BCUT2D eigenvalue weighted by Gasteiger charge is -2.21. The molecule has 3 atom stereocenters. The Bertz CT molecular complexity index is 1460. The van der Waals surface area contributed by atoms with Gasteiger partial charge in [0.25, 0.3) is 11.5 Å². The van der Waals surface area contributed by atoms with Crippen molar-refractivity contribution in [3.63, 3.8) is 0 Å². The molecule has 0 amide bonds. The third-order valence-corrected chi connectivity index (χ3v) is 5.93. The highest BCUT2D eigenvalue weighted by molar-refractivity contribution is 7.55. The Morgan fingerprint density at radius 1 is 0.972 bits per heavy atom. The quantitative estimate of drug-likeness (QED) is 0.372. The molecule has 1 aliphatic rings. The predicted molar refractivity (Wildman–Crippen MR) is 126 cm³/mol. The van der Waals surface area contributed by atoms with Gasteiger partial charge in [0.15, 0.2) is 12.3 Å². The number of carbonyl (C=O) groups is 2. The molecule has 1 aliphatic heterocycles. The van der Waals surface area contributed by atoms with Gasteiger partial charge in [-0.1, -0.05) is 36.4 Å². The van der Waals surface area contributed by atoms with Crippen LogP contribution in [0.5, 0.6) is 0 Å². The van der Waals surface area contributed by atoms with Gasteiger partial charge in [0.1, 0.15) is 0 Å². The van der Waals surface area contributed by atoms with E-state index in [4.69, 9.17) is 19.3 Å². The number of hydrogen-bond donors (Lipinski definition) is 2. The zero-order valence-electron chi connectivity index (χ0n) is 18.6. The first-order valence-electron chi connectivity index (χ1n) is 10.7. The van der Waals surface area contributed by atoms with E-state index in [1.807, 2.05) is 0 Å². The van der Waals surface area contributed by atoms with Crippen LogP contribution in [0.2, 0.25) is 0 Å². The normalized spacial score (nSPS) is 19.9. The van der Waals surface area contributed by atoms with E-state index in [0.29, 0.717) is 10.4 Å².